The molecule has 0 N–H and O–H groups in total. The molecule has 0 amide bonds. The second-order valence-electron chi connectivity index (χ2n) is 20.0. The number of benzene rings is 9. The van der Waals surface area contributed by atoms with Crippen molar-refractivity contribution in [3.63, 3.8) is 0 Å². The van der Waals surface area contributed by atoms with Gasteiger partial charge in [-0.1, -0.05) is 129 Å². The van der Waals surface area contributed by atoms with Crippen molar-refractivity contribution in [3.05, 3.63) is 219 Å². The van der Waals surface area contributed by atoms with Crippen molar-refractivity contribution in [2.24, 2.45) is 0 Å². The molecule has 3 aromatic heterocycles. The molecule has 0 aliphatic carbocycles. The molecule has 0 fully saturated rings. The van der Waals surface area contributed by atoms with Crippen molar-refractivity contribution in [2.45, 2.75) is 69.2 Å². The standard InChI is InChI=1S/C67H57N4P/c1-38-40(3)44(7)63(45(8)41(38)4)52-32-51(33-53(34-52)64-46(9)42(5)39(2)43(6)47(64)10)50-26-21-27-54(35-50)72-61-31-20-18-29-56(61)58-36-57-55-28-17-19-30-59(55)71(60(57)37-62(58)72)67-69-65(48-22-13-11-14-23-48)68-66(70-67)49-24-15-12-16-25-49/h11-37H,1-10H3. The Morgan fingerprint density at radius 2 is 0.778 bits per heavy atom. The van der Waals surface area contributed by atoms with E-state index in [1.54, 1.807) is 0 Å². The first-order valence-corrected chi connectivity index (χ1v) is 26.5. The maximum atomic E-state index is 5.28. The zero-order chi connectivity index (χ0) is 49.7. The van der Waals surface area contributed by atoms with E-state index in [1.807, 2.05) is 36.4 Å². The fourth-order valence-electron chi connectivity index (χ4n) is 11.6. The molecule has 72 heavy (non-hydrogen) atoms. The number of rotatable bonds is 7. The number of para-hydroxylation sites is 1. The van der Waals surface area contributed by atoms with Crippen LogP contribution in [0.4, 0.5) is 0 Å². The SMILES string of the molecule is Cc1c(C)c(C)c(-c2cc(-c3cccc(-p4c5ccccc5c5cc6c7ccccc7n(-c7nc(-c8ccccc8)nc(-c8ccccc8)n7)c6cc54)c3)cc(-c3c(C)c(C)c(C)c(C)c3C)c2)c(C)c1C. The van der Waals surface area contributed by atoms with Gasteiger partial charge in [-0.25, -0.2) is 4.98 Å². The highest BCUT2D eigenvalue weighted by Crippen LogP contribution is 2.57. The topological polar surface area (TPSA) is 43.6 Å². The maximum absolute atomic E-state index is 5.28. The molecule has 0 radical (unpaired) electrons. The minimum absolute atomic E-state index is 0.597. The lowest BCUT2D eigenvalue weighted by molar-refractivity contribution is 0.954. The van der Waals surface area contributed by atoms with Crippen LogP contribution in [0.2, 0.25) is 0 Å². The molecule has 12 aromatic rings. The Hall–Kier alpha value is -7.91. The Kier molecular flexibility index (Phi) is 11.0. The summed E-state index contributed by atoms with van der Waals surface area (Å²) in [5.74, 6) is 1.88. The van der Waals surface area contributed by atoms with E-state index in [2.05, 4.69) is 201 Å². The molecule has 9 aromatic carbocycles. The fourth-order valence-corrected chi connectivity index (χ4v) is 14.3. The second kappa shape index (κ2) is 17.4. The summed E-state index contributed by atoms with van der Waals surface area (Å²) in [6, 6.07) is 60.0. The smallest absolute Gasteiger partial charge is 0.238 e. The van der Waals surface area contributed by atoms with E-state index >= 15 is 0 Å². The van der Waals surface area contributed by atoms with Gasteiger partial charge in [0, 0.05) is 32.1 Å². The third kappa shape index (κ3) is 7.14. The van der Waals surface area contributed by atoms with Crippen LogP contribution < -0.4 is 0 Å². The lowest BCUT2D eigenvalue weighted by atomic mass is 9.82. The zero-order valence-electron chi connectivity index (χ0n) is 42.8. The summed E-state index contributed by atoms with van der Waals surface area (Å²) < 4.78 is 2.27. The van der Waals surface area contributed by atoms with Gasteiger partial charge in [-0.15, -0.1) is 0 Å². The van der Waals surface area contributed by atoms with Crippen molar-refractivity contribution >= 4 is 50.3 Å². The van der Waals surface area contributed by atoms with Crippen LogP contribution in [0.25, 0.3) is 110 Å². The summed E-state index contributed by atoms with van der Waals surface area (Å²) in [4.78, 5) is 15.6. The molecule has 3 heterocycles. The molecule has 4 nitrogen and oxygen atoms in total. The van der Waals surface area contributed by atoms with Gasteiger partial charge >= 0.3 is 0 Å². The van der Waals surface area contributed by atoms with Gasteiger partial charge in [0.15, 0.2) is 11.6 Å². The molecule has 350 valence electrons. The molecule has 1 atom stereocenters. The molecule has 0 saturated heterocycles. The number of aromatic nitrogens is 4. The largest absolute Gasteiger partial charge is 0.278 e. The predicted octanol–water partition coefficient (Wildman–Crippen LogP) is 18.7. The van der Waals surface area contributed by atoms with E-state index in [0.717, 1.165) is 22.2 Å². The summed E-state index contributed by atoms with van der Waals surface area (Å²) in [6.07, 6.45) is 0. The number of nitrogens with zero attached hydrogens (tertiary/aromatic N) is 4. The van der Waals surface area contributed by atoms with Crippen LogP contribution in [0.1, 0.15) is 55.6 Å². The van der Waals surface area contributed by atoms with Crippen molar-refractivity contribution < 1.29 is 0 Å². The molecule has 0 spiro atoms. The monoisotopic (exact) mass is 948 g/mol. The first-order chi connectivity index (χ1) is 34.9. The van der Waals surface area contributed by atoms with Crippen LogP contribution in [-0.4, -0.2) is 19.5 Å². The van der Waals surface area contributed by atoms with E-state index in [-0.39, 0.29) is 0 Å². The Morgan fingerprint density at radius 1 is 0.306 bits per heavy atom. The van der Waals surface area contributed by atoms with Crippen LogP contribution >= 0.6 is 7.53 Å². The molecule has 0 saturated carbocycles. The molecule has 0 aliphatic rings. The Labute approximate surface area is 423 Å². The third-order valence-corrected chi connectivity index (χ3v) is 18.8. The molecule has 5 heteroatoms. The van der Waals surface area contributed by atoms with E-state index in [9.17, 15) is 0 Å². The van der Waals surface area contributed by atoms with E-state index in [1.165, 1.54) is 126 Å². The average molecular weight is 949 g/mol. The Bertz CT molecular complexity index is 3990. The van der Waals surface area contributed by atoms with Gasteiger partial charge in [0.2, 0.25) is 5.95 Å². The minimum Gasteiger partial charge on any atom is -0.278 e. The lowest BCUT2D eigenvalue weighted by Gasteiger charge is -2.23. The Balaban J connectivity index is 1.11. The van der Waals surface area contributed by atoms with Gasteiger partial charge in [-0.2, -0.15) is 9.97 Å². The summed E-state index contributed by atoms with van der Waals surface area (Å²) >= 11 is 0. The highest BCUT2D eigenvalue weighted by atomic mass is 31.1. The first kappa shape index (κ1) is 45.2. The van der Waals surface area contributed by atoms with E-state index in [4.69, 9.17) is 15.0 Å². The van der Waals surface area contributed by atoms with Gasteiger partial charge in [0.05, 0.1) is 11.0 Å². The Morgan fingerprint density at radius 3 is 1.35 bits per heavy atom. The quantitative estimate of drug-likeness (QED) is 0.160. The van der Waals surface area contributed by atoms with Crippen molar-refractivity contribution in [2.75, 3.05) is 0 Å². The van der Waals surface area contributed by atoms with Gasteiger partial charge in [-0.3, -0.25) is 4.57 Å². The van der Waals surface area contributed by atoms with E-state index < -0.39 is 7.53 Å². The zero-order valence-corrected chi connectivity index (χ0v) is 43.7. The molecular weight excluding hydrogens is 892 g/mol. The van der Waals surface area contributed by atoms with E-state index in [0.29, 0.717) is 17.6 Å². The lowest BCUT2D eigenvalue weighted by Crippen LogP contribution is -2.06. The van der Waals surface area contributed by atoms with Gasteiger partial charge in [-0.05, 0) is 217 Å². The number of fused-ring (bicyclic) bond motifs is 6. The molecular formula is C67H57N4P. The van der Waals surface area contributed by atoms with Gasteiger partial charge < -0.3 is 0 Å². The van der Waals surface area contributed by atoms with Crippen LogP contribution in [-0.2, 0) is 0 Å². The summed E-state index contributed by atoms with van der Waals surface area (Å²) in [7, 11) is -0.962. The van der Waals surface area contributed by atoms with Crippen molar-refractivity contribution in [1.82, 2.24) is 19.5 Å². The highest BCUT2D eigenvalue weighted by molar-refractivity contribution is 7.68. The normalized spacial score (nSPS) is 12.0. The summed E-state index contributed by atoms with van der Waals surface area (Å²) in [6.45, 7) is 22.9. The van der Waals surface area contributed by atoms with Crippen molar-refractivity contribution in [3.8, 4) is 67.4 Å². The number of hydrogen-bond acceptors (Lipinski definition) is 3. The first-order valence-electron chi connectivity index (χ1n) is 25.1. The summed E-state index contributed by atoms with van der Waals surface area (Å²) in [5, 5.41) is 8.98. The van der Waals surface area contributed by atoms with Crippen molar-refractivity contribution in [1.29, 1.82) is 0 Å². The number of hydrogen-bond donors (Lipinski definition) is 0. The predicted molar refractivity (Wildman–Crippen MR) is 308 cm³/mol. The molecule has 0 bridgehead atoms. The minimum atomic E-state index is -0.962. The molecule has 1 unspecified atom stereocenters. The van der Waals surface area contributed by atoms with Gasteiger partial charge in [0.25, 0.3) is 0 Å². The van der Waals surface area contributed by atoms with Crippen LogP contribution in [0.3, 0.4) is 0 Å². The van der Waals surface area contributed by atoms with Crippen LogP contribution in [0.15, 0.2) is 164 Å². The van der Waals surface area contributed by atoms with Gasteiger partial charge in [0.1, 0.15) is 0 Å². The van der Waals surface area contributed by atoms with Crippen LogP contribution in [0, 0.1) is 69.2 Å². The average Bonchev–Trinajstić information content (AvgIpc) is 3.92. The maximum Gasteiger partial charge on any atom is 0.238 e. The molecule has 12 rings (SSSR count). The second-order valence-corrected chi connectivity index (χ2v) is 22.1. The fraction of sp³-hybridized carbons (Fsp3) is 0.149. The molecule has 0 aliphatic heterocycles. The highest BCUT2D eigenvalue weighted by Gasteiger charge is 2.23. The van der Waals surface area contributed by atoms with Crippen LogP contribution in [0.5, 0.6) is 0 Å². The summed E-state index contributed by atoms with van der Waals surface area (Å²) in [5.41, 5.74) is 25.4. The third-order valence-electron chi connectivity index (χ3n) is 16.3.